The van der Waals surface area contributed by atoms with E-state index in [0.29, 0.717) is 0 Å². The van der Waals surface area contributed by atoms with Gasteiger partial charge in [-0.3, -0.25) is 0 Å². The van der Waals surface area contributed by atoms with Crippen LogP contribution in [0.4, 0.5) is 28.4 Å². The molecule has 6 aromatic carbocycles. The SMILES string of the molecule is C=C/C=C(\C=C)N(c1ccccc1)c1ccc(-c2ccc(-c3ccc(N(c4ccccc4)c4ccccc4)cc3)cc2)cc1. The Morgan fingerprint density at radius 3 is 1.09 bits per heavy atom. The van der Waals surface area contributed by atoms with Crippen molar-refractivity contribution in [2.45, 2.75) is 0 Å². The van der Waals surface area contributed by atoms with Gasteiger partial charge in [0.05, 0.1) is 0 Å². The summed E-state index contributed by atoms with van der Waals surface area (Å²) in [5, 5.41) is 0. The van der Waals surface area contributed by atoms with Crippen molar-refractivity contribution < 1.29 is 0 Å². The molecule has 0 aliphatic carbocycles. The van der Waals surface area contributed by atoms with Crippen molar-refractivity contribution in [2.24, 2.45) is 0 Å². The molecule has 6 aromatic rings. The molecule has 212 valence electrons. The van der Waals surface area contributed by atoms with E-state index >= 15 is 0 Å². The lowest BCUT2D eigenvalue weighted by atomic mass is 9.99. The van der Waals surface area contributed by atoms with Crippen LogP contribution in [0.15, 0.2) is 201 Å². The first kappa shape index (κ1) is 28.3. The van der Waals surface area contributed by atoms with Gasteiger partial charge in [-0.05, 0) is 95.1 Å². The third kappa shape index (κ3) is 6.16. The quantitative estimate of drug-likeness (QED) is 0.152. The molecule has 6 rings (SSSR count). The molecule has 0 fully saturated rings. The zero-order chi connectivity index (χ0) is 30.1. The summed E-state index contributed by atoms with van der Waals surface area (Å²) in [7, 11) is 0. The van der Waals surface area contributed by atoms with Crippen molar-refractivity contribution in [1.82, 2.24) is 0 Å². The summed E-state index contributed by atoms with van der Waals surface area (Å²) in [5.41, 5.74) is 11.2. The van der Waals surface area contributed by atoms with Gasteiger partial charge >= 0.3 is 0 Å². The average molecular weight is 567 g/mol. The van der Waals surface area contributed by atoms with E-state index in [1.165, 1.54) is 16.7 Å². The van der Waals surface area contributed by atoms with Crippen LogP contribution in [-0.4, -0.2) is 0 Å². The van der Waals surface area contributed by atoms with Crippen LogP contribution in [0.25, 0.3) is 22.3 Å². The molecule has 0 spiro atoms. The molecule has 0 aliphatic rings. The highest BCUT2D eigenvalue weighted by Gasteiger charge is 2.14. The van der Waals surface area contributed by atoms with Crippen LogP contribution in [0.5, 0.6) is 0 Å². The van der Waals surface area contributed by atoms with Crippen LogP contribution < -0.4 is 9.80 Å². The number of benzene rings is 6. The molecular formula is C42H34N2. The van der Waals surface area contributed by atoms with Gasteiger partial charge in [-0.2, -0.15) is 0 Å². The minimum absolute atomic E-state index is 0.963. The predicted molar refractivity (Wildman–Crippen MR) is 189 cm³/mol. The first-order chi connectivity index (χ1) is 21.7. The van der Waals surface area contributed by atoms with Gasteiger partial charge in [0.1, 0.15) is 0 Å². The molecule has 0 bridgehead atoms. The fraction of sp³-hybridized carbons (Fsp3) is 0. The highest BCUT2D eigenvalue weighted by Crippen LogP contribution is 2.36. The maximum atomic E-state index is 4.03. The molecule has 2 nitrogen and oxygen atoms in total. The number of anilines is 5. The zero-order valence-electron chi connectivity index (χ0n) is 24.6. The molecule has 0 amide bonds. The topological polar surface area (TPSA) is 6.48 Å². The fourth-order valence-corrected chi connectivity index (χ4v) is 5.44. The third-order valence-electron chi connectivity index (χ3n) is 7.60. The van der Waals surface area contributed by atoms with Gasteiger partial charge in [0, 0.05) is 34.1 Å². The predicted octanol–water partition coefficient (Wildman–Crippen LogP) is 11.9. The number of allylic oxidation sites excluding steroid dienone is 3. The monoisotopic (exact) mass is 566 g/mol. The molecule has 0 atom stereocenters. The Morgan fingerprint density at radius 1 is 0.386 bits per heavy atom. The van der Waals surface area contributed by atoms with Gasteiger partial charge in [-0.1, -0.05) is 122 Å². The molecule has 0 saturated heterocycles. The van der Waals surface area contributed by atoms with Crippen molar-refractivity contribution in [3.05, 3.63) is 201 Å². The highest BCUT2D eigenvalue weighted by molar-refractivity contribution is 5.79. The van der Waals surface area contributed by atoms with E-state index in [1.54, 1.807) is 6.08 Å². The first-order valence-corrected chi connectivity index (χ1v) is 14.8. The number of nitrogens with zero attached hydrogens (tertiary/aromatic N) is 2. The second-order valence-corrected chi connectivity index (χ2v) is 10.4. The van der Waals surface area contributed by atoms with E-state index in [2.05, 4.69) is 156 Å². The summed E-state index contributed by atoms with van der Waals surface area (Å²) < 4.78 is 0. The minimum atomic E-state index is 0.963. The lowest BCUT2D eigenvalue weighted by molar-refractivity contribution is 1.21. The lowest BCUT2D eigenvalue weighted by Gasteiger charge is -2.26. The van der Waals surface area contributed by atoms with Crippen LogP contribution in [0.2, 0.25) is 0 Å². The van der Waals surface area contributed by atoms with Gasteiger partial charge in [0.25, 0.3) is 0 Å². The Balaban J connectivity index is 1.24. The van der Waals surface area contributed by atoms with E-state index in [-0.39, 0.29) is 0 Å². The lowest BCUT2D eigenvalue weighted by Crippen LogP contribution is -2.14. The Hall–Kier alpha value is -5.86. The largest absolute Gasteiger partial charge is 0.311 e. The van der Waals surface area contributed by atoms with Gasteiger partial charge in [0.2, 0.25) is 0 Å². The van der Waals surface area contributed by atoms with Gasteiger partial charge in [-0.25, -0.2) is 0 Å². The van der Waals surface area contributed by atoms with Crippen molar-refractivity contribution in [1.29, 1.82) is 0 Å². The molecule has 0 heterocycles. The maximum absolute atomic E-state index is 4.03. The third-order valence-corrected chi connectivity index (χ3v) is 7.60. The van der Waals surface area contributed by atoms with Crippen molar-refractivity contribution in [3.63, 3.8) is 0 Å². The highest BCUT2D eigenvalue weighted by atomic mass is 15.1. The summed E-state index contributed by atoms with van der Waals surface area (Å²) in [6.07, 6.45) is 5.62. The van der Waals surface area contributed by atoms with E-state index in [0.717, 1.165) is 39.7 Å². The molecule has 0 radical (unpaired) electrons. The van der Waals surface area contributed by atoms with Crippen LogP contribution >= 0.6 is 0 Å². The zero-order valence-corrected chi connectivity index (χ0v) is 24.6. The molecule has 0 aromatic heterocycles. The summed E-state index contributed by atoms with van der Waals surface area (Å²) in [4.78, 5) is 4.46. The van der Waals surface area contributed by atoms with Crippen molar-refractivity contribution in [3.8, 4) is 22.3 Å². The number of hydrogen-bond donors (Lipinski definition) is 0. The standard InChI is InChI=1S/C42H34N2/c1-3-14-37(4-2)43(38-15-8-5-9-16-38)41-29-25-35(26-30-41)33-21-23-34(24-22-33)36-27-31-42(32-28-36)44(39-17-10-6-11-18-39)40-19-12-7-13-20-40/h3-32H,1-2H2/b37-14+. The van der Waals surface area contributed by atoms with Gasteiger partial charge < -0.3 is 9.80 Å². The second-order valence-electron chi connectivity index (χ2n) is 10.4. The van der Waals surface area contributed by atoms with Crippen LogP contribution in [-0.2, 0) is 0 Å². The Bertz CT molecular complexity index is 1800. The first-order valence-electron chi connectivity index (χ1n) is 14.8. The molecule has 0 saturated carbocycles. The van der Waals surface area contributed by atoms with E-state index in [1.807, 2.05) is 42.5 Å². The number of hydrogen-bond acceptors (Lipinski definition) is 2. The van der Waals surface area contributed by atoms with Crippen molar-refractivity contribution in [2.75, 3.05) is 9.80 Å². The molecule has 2 heteroatoms. The van der Waals surface area contributed by atoms with Crippen LogP contribution in [0, 0.1) is 0 Å². The Kier molecular flexibility index (Phi) is 8.62. The second kappa shape index (κ2) is 13.4. The maximum Gasteiger partial charge on any atom is 0.0462 e. The van der Waals surface area contributed by atoms with Gasteiger partial charge in [0.15, 0.2) is 0 Å². The Labute approximate surface area is 260 Å². The molecule has 0 unspecified atom stereocenters. The summed E-state index contributed by atoms with van der Waals surface area (Å²) >= 11 is 0. The Morgan fingerprint density at radius 2 is 0.705 bits per heavy atom. The fourth-order valence-electron chi connectivity index (χ4n) is 5.44. The molecule has 44 heavy (non-hydrogen) atoms. The van der Waals surface area contributed by atoms with Crippen LogP contribution in [0.3, 0.4) is 0 Å². The van der Waals surface area contributed by atoms with E-state index in [4.69, 9.17) is 0 Å². The normalized spacial score (nSPS) is 11.0. The summed E-state index contributed by atoms with van der Waals surface area (Å²) in [6, 6.07) is 57.5. The van der Waals surface area contributed by atoms with Crippen molar-refractivity contribution >= 4 is 28.4 Å². The van der Waals surface area contributed by atoms with Gasteiger partial charge in [-0.15, -0.1) is 0 Å². The summed E-state index contributed by atoms with van der Waals surface area (Å²) in [5.74, 6) is 0. The number of rotatable bonds is 10. The molecule has 0 N–H and O–H groups in total. The summed E-state index contributed by atoms with van der Waals surface area (Å²) in [6.45, 7) is 7.92. The molecular weight excluding hydrogens is 532 g/mol. The van der Waals surface area contributed by atoms with E-state index in [9.17, 15) is 0 Å². The van der Waals surface area contributed by atoms with E-state index < -0.39 is 0 Å². The van der Waals surface area contributed by atoms with Crippen LogP contribution in [0.1, 0.15) is 0 Å². The number of para-hydroxylation sites is 3. The smallest absolute Gasteiger partial charge is 0.0462 e. The minimum Gasteiger partial charge on any atom is -0.311 e. The molecule has 0 aliphatic heterocycles. The average Bonchev–Trinajstić information content (AvgIpc) is 3.10.